The van der Waals surface area contributed by atoms with Crippen LogP contribution >= 0.6 is 15.9 Å². The van der Waals surface area contributed by atoms with Gasteiger partial charge in [0.25, 0.3) is 0 Å². The average Bonchev–Trinajstić information content (AvgIpc) is 2.94. The number of rotatable bonds is 6. The van der Waals surface area contributed by atoms with Crippen LogP contribution in [0.2, 0.25) is 0 Å². The van der Waals surface area contributed by atoms with E-state index in [1.165, 1.54) is 11.1 Å². The molecule has 3 rings (SSSR count). The Hall–Kier alpha value is -1.37. The third-order valence-electron chi connectivity index (χ3n) is 4.39. The Labute approximate surface area is 157 Å². The molecule has 0 aromatic heterocycles. The van der Waals surface area contributed by atoms with E-state index in [-0.39, 0.29) is 6.04 Å². The first-order valence-electron chi connectivity index (χ1n) is 8.34. The van der Waals surface area contributed by atoms with Crippen molar-refractivity contribution in [3.05, 3.63) is 63.6 Å². The highest BCUT2D eigenvalue weighted by Gasteiger charge is 2.27. The normalized spacial score (nSPS) is 16.9. The van der Waals surface area contributed by atoms with Crippen molar-refractivity contribution >= 4 is 26.0 Å². The first-order valence-corrected chi connectivity index (χ1v) is 10.7. The SMILES string of the molecule is CC(C)S(=O)(=O)NC1Cc2ccc(COc3ccccc3Br)cc2C1. The van der Waals surface area contributed by atoms with Crippen LogP contribution in [0.4, 0.5) is 0 Å². The summed E-state index contributed by atoms with van der Waals surface area (Å²) >= 11 is 3.48. The van der Waals surface area contributed by atoms with Gasteiger partial charge in [0, 0.05) is 6.04 Å². The summed E-state index contributed by atoms with van der Waals surface area (Å²) < 4.78 is 33.7. The standard InChI is InChI=1S/C19H22BrNO3S/c1-13(2)25(22,23)21-17-10-15-8-7-14(9-16(15)11-17)12-24-19-6-4-3-5-18(19)20/h3-9,13,17,21H,10-12H2,1-2H3. The van der Waals surface area contributed by atoms with Crippen molar-refractivity contribution in [3.8, 4) is 5.75 Å². The second-order valence-electron chi connectivity index (χ2n) is 6.64. The Bertz CT molecular complexity index is 865. The van der Waals surface area contributed by atoms with Crippen LogP contribution in [0.15, 0.2) is 46.9 Å². The number of ether oxygens (including phenoxy) is 1. The number of para-hydroxylation sites is 1. The lowest BCUT2D eigenvalue weighted by atomic mass is 10.1. The van der Waals surface area contributed by atoms with Crippen LogP contribution in [0.5, 0.6) is 5.75 Å². The van der Waals surface area contributed by atoms with Crippen LogP contribution < -0.4 is 9.46 Å². The summed E-state index contributed by atoms with van der Waals surface area (Å²) in [6.45, 7) is 3.88. The van der Waals surface area contributed by atoms with Crippen molar-refractivity contribution < 1.29 is 13.2 Å². The summed E-state index contributed by atoms with van der Waals surface area (Å²) in [5, 5.41) is -0.413. The van der Waals surface area contributed by atoms with E-state index in [1.807, 2.05) is 24.3 Å². The summed E-state index contributed by atoms with van der Waals surface area (Å²) in [5.74, 6) is 0.811. The van der Waals surface area contributed by atoms with Gasteiger partial charge in [0.2, 0.25) is 10.0 Å². The number of sulfonamides is 1. The Morgan fingerprint density at radius 3 is 2.60 bits per heavy atom. The fraction of sp³-hybridized carbons (Fsp3) is 0.368. The minimum absolute atomic E-state index is 0.0539. The van der Waals surface area contributed by atoms with E-state index in [9.17, 15) is 8.42 Å². The fourth-order valence-electron chi connectivity index (χ4n) is 2.94. The van der Waals surface area contributed by atoms with Gasteiger partial charge in [-0.05, 0) is 71.4 Å². The zero-order chi connectivity index (χ0) is 18.0. The molecular formula is C19H22BrNO3S. The zero-order valence-electron chi connectivity index (χ0n) is 14.3. The van der Waals surface area contributed by atoms with Crippen LogP contribution in [0.25, 0.3) is 0 Å². The molecule has 0 saturated carbocycles. The van der Waals surface area contributed by atoms with E-state index < -0.39 is 15.3 Å². The molecule has 0 aliphatic heterocycles. The zero-order valence-corrected chi connectivity index (χ0v) is 16.7. The number of hydrogen-bond acceptors (Lipinski definition) is 3. The summed E-state index contributed by atoms with van der Waals surface area (Å²) in [6.07, 6.45) is 1.47. The van der Waals surface area contributed by atoms with Crippen LogP contribution in [-0.2, 0) is 29.5 Å². The maximum Gasteiger partial charge on any atom is 0.214 e. The smallest absolute Gasteiger partial charge is 0.214 e. The summed E-state index contributed by atoms with van der Waals surface area (Å²) in [5.41, 5.74) is 3.49. The second-order valence-corrected chi connectivity index (χ2v) is 9.76. The van der Waals surface area contributed by atoms with E-state index in [0.717, 1.165) is 28.6 Å². The minimum atomic E-state index is -3.24. The van der Waals surface area contributed by atoms with Gasteiger partial charge >= 0.3 is 0 Å². The molecule has 2 aromatic rings. The van der Waals surface area contributed by atoms with Crippen LogP contribution in [0, 0.1) is 0 Å². The monoisotopic (exact) mass is 423 g/mol. The molecule has 6 heteroatoms. The lowest BCUT2D eigenvalue weighted by molar-refractivity contribution is 0.304. The quantitative estimate of drug-likeness (QED) is 0.767. The molecule has 0 saturated heterocycles. The first kappa shape index (κ1) is 18.4. The molecule has 25 heavy (non-hydrogen) atoms. The molecule has 4 nitrogen and oxygen atoms in total. The molecule has 0 heterocycles. The van der Waals surface area contributed by atoms with Crippen molar-refractivity contribution in [2.45, 2.75) is 44.6 Å². The van der Waals surface area contributed by atoms with Gasteiger partial charge in [-0.3, -0.25) is 0 Å². The average molecular weight is 424 g/mol. The van der Waals surface area contributed by atoms with Gasteiger partial charge in [-0.2, -0.15) is 0 Å². The Kier molecular flexibility index (Phi) is 5.51. The van der Waals surface area contributed by atoms with Crippen LogP contribution in [-0.4, -0.2) is 19.7 Å². The van der Waals surface area contributed by atoms with Gasteiger partial charge in [0.15, 0.2) is 0 Å². The molecule has 0 spiro atoms. The van der Waals surface area contributed by atoms with E-state index in [0.29, 0.717) is 6.61 Å². The van der Waals surface area contributed by atoms with Gasteiger partial charge in [0.1, 0.15) is 12.4 Å². The van der Waals surface area contributed by atoms with E-state index in [1.54, 1.807) is 13.8 Å². The Morgan fingerprint density at radius 1 is 1.16 bits per heavy atom. The maximum absolute atomic E-state index is 12.1. The molecular weight excluding hydrogens is 402 g/mol. The van der Waals surface area contributed by atoms with Gasteiger partial charge in [-0.15, -0.1) is 0 Å². The topological polar surface area (TPSA) is 55.4 Å². The number of halogens is 1. The summed E-state index contributed by atoms with van der Waals surface area (Å²) in [6, 6.07) is 14.0. The number of fused-ring (bicyclic) bond motifs is 1. The predicted molar refractivity (Wildman–Crippen MR) is 103 cm³/mol. The van der Waals surface area contributed by atoms with E-state index in [2.05, 4.69) is 38.9 Å². The Balaban J connectivity index is 1.65. The lowest BCUT2D eigenvalue weighted by Gasteiger charge is -2.14. The molecule has 1 N–H and O–H groups in total. The van der Waals surface area contributed by atoms with Crippen molar-refractivity contribution in [2.24, 2.45) is 0 Å². The highest BCUT2D eigenvalue weighted by atomic mass is 79.9. The first-order chi connectivity index (χ1) is 11.8. The van der Waals surface area contributed by atoms with Crippen molar-refractivity contribution in [1.82, 2.24) is 4.72 Å². The minimum Gasteiger partial charge on any atom is -0.488 e. The van der Waals surface area contributed by atoms with Gasteiger partial charge < -0.3 is 4.74 Å². The highest BCUT2D eigenvalue weighted by molar-refractivity contribution is 9.10. The number of hydrogen-bond donors (Lipinski definition) is 1. The number of nitrogens with one attached hydrogen (secondary N) is 1. The fourth-order valence-corrected chi connectivity index (χ4v) is 4.24. The molecule has 2 aromatic carbocycles. The molecule has 1 aliphatic rings. The third kappa shape index (κ3) is 4.43. The van der Waals surface area contributed by atoms with Gasteiger partial charge in [-0.25, -0.2) is 13.1 Å². The van der Waals surface area contributed by atoms with Crippen LogP contribution in [0.3, 0.4) is 0 Å². The lowest BCUT2D eigenvalue weighted by Crippen LogP contribution is -2.39. The third-order valence-corrected chi connectivity index (χ3v) is 6.94. The Morgan fingerprint density at radius 2 is 1.88 bits per heavy atom. The molecule has 134 valence electrons. The second kappa shape index (κ2) is 7.48. The van der Waals surface area contributed by atoms with E-state index in [4.69, 9.17) is 4.74 Å². The molecule has 1 unspecified atom stereocenters. The summed E-state index contributed by atoms with van der Waals surface area (Å²) in [7, 11) is -3.24. The summed E-state index contributed by atoms with van der Waals surface area (Å²) in [4.78, 5) is 0. The molecule has 0 bridgehead atoms. The van der Waals surface area contributed by atoms with Crippen molar-refractivity contribution in [3.63, 3.8) is 0 Å². The largest absolute Gasteiger partial charge is 0.488 e. The molecule has 0 fully saturated rings. The number of benzene rings is 2. The molecule has 0 radical (unpaired) electrons. The molecule has 1 aliphatic carbocycles. The maximum atomic E-state index is 12.1. The van der Waals surface area contributed by atoms with Crippen molar-refractivity contribution in [1.29, 1.82) is 0 Å². The highest BCUT2D eigenvalue weighted by Crippen LogP contribution is 2.27. The predicted octanol–water partition coefficient (Wildman–Crippen LogP) is 3.82. The van der Waals surface area contributed by atoms with Gasteiger partial charge in [0.05, 0.1) is 9.72 Å². The van der Waals surface area contributed by atoms with Gasteiger partial charge in [-0.1, -0.05) is 30.3 Å². The van der Waals surface area contributed by atoms with Crippen LogP contribution in [0.1, 0.15) is 30.5 Å². The van der Waals surface area contributed by atoms with E-state index >= 15 is 0 Å². The molecule has 0 amide bonds. The molecule has 1 atom stereocenters. The van der Waals surface area contributed by atoms with Crippen molar-refractivity contribution in [2.75, 3.05) is 0 Å².